The van der Waals surface area contributed by atoms with Crippen molar-refractivity contribution in [3.8, 4) is 11.5 Å². The molecule has 1 aliphatic carbocycles. The number of benzene rings is 4. The van der Waals surface area contributed by atoms with E-state index in [-0.39, 0.29) is 28.4 Å². The largest absolute Gasteiger partial charge is 0.458 e. The lowest BCUT2D eigenvalue weighted by atomic mass is 9.37. The van der Waals surface area contributed by atoms with Crippen molar-refractivity contribution in [3.05, 3.63) is 95.1 Å². The summed E-state index contributed by atoms with van der Waals surface area (Å²) >= 11 is 1.99. The van der Waals surface area contributed by atoms with Gasteiger partial charge in [-0.1, -0.05) is 106 Å². The van der Waals surface area contributed by atoms with Crippen LogP contribution in [0.4, 0.5) is 17.1 Å². The third-order valence-corrected chi connectivity index (χ3v) is 12.3. The molecule has 0 radical (unpaired) electrons. The molecule has 4 heteroatoms. The Hall–Kier alpha value is -3.50. The topological polar surface area (TPSA) is 12.5 Å². The molecule has 0 saturated heterocycles. The Labute approximate surface area is 279 Å². The Morgan fingerprint density at radius 2 is 1.43 bits per heavy atom. The van der Waals surface area contributed by atoms with Gasteiger partial charge in [-0.15, -0.1) is 11.3 Å². The van der Waals surface area contributed by atoms with Crippen LogP contribution in [0.25, 0.3) is 10.1 Å². The predicted octanol–water partition coefficient (Wildman–Crippen LogP) is 10.3. The number of hydrogen-bond donors (Lipinski definition) is 0. The molecule has 8 rings (SSSR count). The first kappa shape index (κ1) is 29.9. The third kappa shape index (κ3) is 4.28. The number of nitrogens with zero attached hydrogens (tertiary/aromatic N) is 1. The maximum atomic E-state index is 6.67. The van der Waals surface area contributed by atoms with Crippen LogP contribution in [0.2, 0.25) is 0 Å². The van der Waals surface area contributed by atoms with E-state index in [1.165, 1.54) is 77.9 Å². The van der Waals surface area contributed by atoms with Crippen molar-refractivity contribution < 1.29 is 4.74 Å². The number of fused-ring (bicyclic) bond motifs is 7. The molecule has 0 bridgehead atoms. The molecule has 0 saturated carbocycles. The van der Waals surface area contributed by atoms with Crippen LogP contribution in [0.5, 0.6) is 11.5 Å². The van der Waals surface area contributed by atoms with Crippen molar-refractivity contribution in [3.63, 3.8) is 0 Å². The first-order chi connectivity index (χ1) is 21.6. The standard InChI is InChI=1S/C42H46BNOS/c1-39(2,3)25-22-29(40(4,5)6)35-34(23-25)46-38-37(35)44(26-18-19-27-28(24-26)42(9,10)21-20-41(27,7)8)31-15-13-17-33-36(31)43(38)30-14-11-12-16-32(30)45-33/h11-19,22-24H,20-21H2,1-10H3. The number of thiophene rings is 1. The molecule has 3 heterocycles. The Morgan fingerprint density at radius 3 is 2.15 bits per heavy atom. The van der Waals surface area contributed by atoms with Gasteiger partial charge < -0.3 is 9.64 Å². The molecule has 0 unspecified atom stereocenters. The summed E-state index contributed by atoms with van der Waals surface area (Å²) in [5.41, 5.74) is 12.5. The minimum Gasteiger partial charge on any atom is -0.458 e. The monoisotopic (exact) mass is 623 g/mol. The summed E-state index contributed by atoms with van der Waals surface area (Å²) in [5, 5.41) is 1.40. The van der Waals surface area contributed by atoms with Crippen LogP contribution in [0, 0.1) is 0 Å². The van der Waals surface area contributed by atoms with Crippen LogP contribution in [-0.2, 0) is 21.7 Å². The molecule has 0 spiro atoms. The highest BCUT2D eigenvalue weighted by atomic mass is 32.1. The van der Waals surface area contributed by atoms with Gasteiger partial charge in [0.2, 0.25) is 0 Å². The lowest BCUT2D eigenvalue weighted by Crippen LogP contribution is -2.58. The van der Waals surface area contributed by atoms with Crippen LogP contribution in [0.15, 0.2) is 72.8 Å². The van der Waals surface area contributed by atoms with E-state index >= 15 is 0 Å². The normalized spacial score (nSPS) is 17.6. The summed E-state index contributed by atoms with van der Waals surface area (Å²) in [4.78, 5) is 2.60. The minimum absolute atomic E-state index is 0.0302. The van der Waals surface area contributed by atoms with Gasteiger partial charge in [-0.25, -0.2) is 0 Å². The molecule has 0 amide bonds. The number of anilines is 3. The molecule has 1 aromatic heterocycles. The summed E-state index contributed by atoms with van der Waals surface area (Å²) in [7, 11) is 0. The van der Waals surface area contributed by atoms with Crippen molar-refractivity contribution in [2.75, 3.05) is 4.90 Å². The molecule has 2 nitrogen and oxygen atoms in total. The summed E-state index contributed by atoms with van der Waals surface area (Å²) in [5.74, 6) is 1.94. The highest BCUT2D eigenvalue weighted by Crippen LogP contribution is 2.52. The fraction of sp³-hybridized carbons (Fsp3) is 0.381. The molecule has 0 N–H and O–H groups in total. The summed E-state index contributed by atoms with van der Waals surface area (Å²) in [6, 6.07) is 27.7. The first-order valence-corrected chi connectivity index (χ1v) is 17.8. The summed E-state index contributed by atoms with van der Waals surface area (Å²) in [6.45, 7) is 24.0. The highest BCUT2D eigenvalue weighted by Gasteiger charge is 2.45. The average molecular weight is 624 g/mol. The molecule has 0 fully saturated rings. The van der Waals surface area contributed by atoms with E-state index in [0.717, 1.165) is 11.5 Å². The van der Waals surface area contributed by atoms with Crippen LogP contribution >= 0.6 is 11.3 Å². The van der Waals surface area contributed by atoms with Crippen molar-refractivity contribution in [2.24, 2.45) is 0 Å². The second-order valence-electron chi connectivity index (χ2n) is 17.3. The fourth-order valence-electron chi connectivity index (χ4n) is 8.24. The minimum atomic E-state index is -0.0302. The smallest absolute Gasteiger partial charge is 0.268 e. The molecule has 0 atom stereocenters. The van der Waals surface area contributed by atoms with E-state index in [4.69, 9.17) is 4.74 Å². The molecule has 4 aromatic carbocycles. The summed E-state index contributed by atoms with van der Waals surface area (Å²) < 4.78 is 9.46. The molecule has 234 valence electrons. The molecule has 3 aliphatic rings. The van der Waals surface area contributed by atoms with Crippen LogP contribution in [0.3, 0.4) is 0 Å². The predicted molar refractivity (Wildman–Crippen MR) is 200 cm³/mol. The Bertz CT molecular complexity index is 2070. The van der Waals surface area contributed by atoms with E-state index in [9.17, 15) is 0 Å². The maximum Gasteiger partial charge on any atom is 0.268 e. The van der Waals surface area contributed by atoms with Crippen molar-refractivity contribution in [1.82, 2.24) is 0 Å². The van der Waals surface area contributed by atoms with Crippen LogP contribution < -0.4 is 25.3 Å². The summed E-state index contributed by atoms with van der Waals surface area (Å²) in [6.07, 6.45) is 2.41. The van der Waals surface area contributed by atoms with Gasteiger partial charge in [-0.3, -0.25) is 0 Å². The van der Waals surface area contributed by atoms with Gasteiger partial charge in [0.25, 0.3) is 6.71 Å². The van der Waals surface area contributed by atoms with Gasteiger partial charge in [0.15, 0.2) is 0 Å². The fourth-order valence-corrected chi connectivity index (χ4v) is 9.63. The quantitative estimate of drug-likeness (QED) is 0.169. The third-order valence-electron chi connectivity index (χ3n) is 11.1. The number of hydrogen-bond acceptors (Lipinski definition) is 3. The Kier molecular flexibility index (Phi) is 6.19. The molecular weight excluding hydrogens is 577 g/mol. The van der Waals surface area contributed by atoms with Crippen molar-refractivity contribution in [1.29, 1.82) is 0 Å². The van der Waals surface area contributed by atoms with E-state index in [2.05, 4.69) is 147 Å². The molecule has 5 aromatic rings. The van der Waals surface area contributed by atoms with Gasteiger partial charge in [0.05, 0.1) is 5.69 Å². The zero-order chi connectivity index (χ0) is 32.6. The SMILES string of the molecule is CC(C)(C)c1cc(C(C)(C)C)c2c3c(sc2c1)B1c2ccccc2Oc2cccc(c21)N3c1ccc2c(c1)C(C)(C)CCC2(C)C. The lowest BCUT2D eigenvalue weighted by molar-refractivity contribution is 0.332. The number of para-hydroxylation sites is 1. The Balaban J connectivity index is 1.50. The van der Waals surface area contributed by atoms with Gasteiger partial charge in [-0.05, 0) is 104 Å². The maximum absolute atomic E-state index is 6.67. The van der Waals surface area contributed by atoms with Crippen molar-refractivity contribution >= 4 is 60.9 Å². The molecular formula is C42H46BNOS. The van der Waals surface area contributed by atoms with Gasteiger partial charge in [0, 0.05) is 26.2 Å². The van der Waals surface area contributed by atoms with E-state index in [1.54, 1.807) is 0 Å². The van der Waals surface area contributed by atoms with E-state index in [0.29, 0.717) is 0 Å². The van der Waals surface area contributed by atoms with E-state index in [1.807, 2.05) is 11.3 Å². The van der Waals surface area contributed by atoms with Crippen LogP contribution in [0.1, 0.15) is 104 Å². The van der Waals surface area contributed by atoms with Crippen LogP contribution in [-0.4, -0.2) is 6.71 Å². The zero-order valence-corrected chi connectivity index (χ0v) is 30.0. The van der Waals surface area contributed by atoms with Crippen molar-refractivity contribution in [2.45, 2.75) is 104 Å². The zero-order valence-electron chi connectivity index (χ0n) is 29.2. The second-order valence-corrected chi connectivity index (χ2v) is 18.4. The van der Waals surface area contributed by atoms with Gasteiger partial charge >= 0.3 is 0 Å². The molecule has 2 aliphatic heterocycles. The Morgan fingerprint density at radius 1 is 0.739 bits per heavy atom. The molecule has 46 heavy (non-hydrogen) atoms. The lowest BCUT2D eigenvalue weighted by Gasteiger charge is -2.43. The number of ether oxygens (including phenoxy) is 1. The highest BCUT2D eigenvalue weighted by molar-refractivity contribution is 7.33. The van der Waals surface area contributed by atoms with E-state index < -0.39 is 0 Å². The number of rotatable bonds is 1. The first-order valence-electron chi connectivity index (χ1n) is 17.0. The van der Waals surface area contributed by atoms with Gasteiger partial charge in [-0.2, -0.15) is 0 Å². The average Bonchev–Trinajstić information content (AvgIpc) is 3.37. The van der Waals surface area contributed by atoms with Gasteiger partial charge in [0.1, 0.15) is 11.5 Å². The second kappa shape index (κ2) is 9.54.